The fourth-order valence-corrected chi connectivity index (χ4v) is 3.09. The van der Waals surface area contributed by atoms with Crippen LogP contribution in [0.25, 0.3) is 0 Å². The molecule has 1 aliphatic heterocycles. The molecule has 106 valence electrons. The van der Waals surface area contributed by atoms with Crippen molar-refractivity contribution in [2.75, 3.05) is 25.0 Å². The van der Waals surface area contributed by atoms with Crippen molar-refractivity contribution in [2.24, 2.45) is 0 Å². The highest BCUT2D eigenvalue weighted by atomic mass is 79.9. The van der Waals surface area contributed by atoms with Crippen molar-refractivity contribution in [3.05, 3.63) is 28.2 Å². The van der Waals surface area contributed by atoms with Crippen molar-refractivity contribution < 1.29 is 5.11 Å². The van der Waals surface area contributed by atoms with Gasteiger partial charge in [-0.05, 0) is 51.4 Å². The molecule has 1 aromatic carbocycles. The van der Waals surface area contributed by atoms with Crippen molar-refractivity contribution in [1.82, 2.24) is 5.32 Å². The highest BCUT2D eigenvalue weighted by molar-refractivity contribution is 9.10. The number of hydrogen-bond acceptors (Lipinski definition) is 3. The van der Waals surface area contributed by atoms with Gasteiger partial charge >= 0.3 is 0 Å². The van der Waals surface area contributed by atoms with Gasteiger partial charge in [0.1, 0.15) is 0 Å². The summed E-state index contributed by atoms with van der Waals surface area (Å²) in [7, 11) is 1.98. The summed E-state index contributed by atoms with van der Waals surface area (Å²) in [6.45, 7) is 5.80. The van der Waals surface area contributed by atoms with Crippen molar-refractivity contribution in [3.63, 3.8) is 0 Å². The minimum atomic E-state index is -0.583. The van der Waals surface area contributed by atoms with Gasteiger partial charge in [-0.25, -0.2) is 0 Å². The van der Waals surface area contributed by atoms with Crippen molar-refractivity contribution in [2.45, 2.75) is 38.3 Å². The Morgan fingerprint density at radius 1 is 1.47 bits per heavy atom. The molecular formula is C15H23BrN2O. The smallest absolute Gasteiger partial charge is 0.0794 e. The molecule has 0 spiro atoms. The first-order valence-electron chi connectivity index (χ1n) is 6.87. The lowest BCUT2D eigenvalue weighted by Crippen LogP contribution is -2.46. The van der Waals surface area contributed by atoms with E-state index in [2.05, 4.69) is 51.3 Å². The quantitative estimate of drug-likeness (QED) is 0.896. The molecule has 19 heavy (non-hydrogen) atoms. The largest absolute Gasteiger partial charge is 0.388 e. The number of piperidine rings is 1. The van der Waals surface area contributed by atoms with E-state index in [1.807, 2.05) is 14.0 Å². The minimum absolute atomic E-state index is 0.301. The fraction of sp³-hybridized carbons (Fsp3) is 0.600. The highest BCUT2D eigenvalue weighted by Gasteiger charge is 2.29. The molecule has 1 fully saturated rings. The van der Waals surface area contributed by atoms with Crippen LogP contribution < -0.4 is 10.2 Å². The predicted molar refractivity (Wildman–Crippen MR) is 83.7 cm³/mol. The van der Waals surface area contributed by atoms with E-state index >= 15 is 0 Å². The van der Waals surface area contributed by atoms with Gasteiger partial charge < -0.3 is 15.3 Å². The maximum atomic E-state index is 10.3. The van der Waals surface area contributed by atoms with E-state index in [0.29, 0.717) is 12.6 Å². The van der Waals surface area contributed by atoms with E-state index in [9.17, 15) is 5.11 Å². The number of benzene rings is 1. The third kappa shape index (κ3) is 3.50. The van der Waals surface area contributed by atoms with Crippen LogP contribution in [0.5, 0.6) is 0 Å². The Hall–Kier alpha value is -0.580. The molecule has 0 bridgehead atoms. The number of rotatable bonds is 3. The third-order valence-electron chi connectivity index (χ3n) is 3.91. The molecule has 1 aliphatic rings. The van der Waals surface area contributed by atoms with Crippen LogP contribution in [0.3, 0.4) is 0 Å². The molecule has 3 nitrogen and oxygen atoms in total. The summed E-state index contributed by atoms with van der Waals surface area (Å²) in [5, 5.41) is 13.6. The van der Waals surface area contributed by atoms with Gasteiger partial charge in [-0.15, -0.1) is 0 Å². The molecule has 1 aromatic rings. The molecule has 0 amide bonds. The molecule has 0 aliphatic carbocycles. The Bertz CT molecular complexity index is 448. The monoisotopic (exact) mass is 326 g/mol. The first-order chi connectivity index (χ1) is 8.93. The standard InChI is InChI=1S/C15H23BrN2O/c1-11(17-3)13-6-5-12(16)9-14(13)18-8-4-7-15(2,19)10-18/h5-6,9,11,17,19H,4,7-8,10H2,1-3H3. The second kappa shape index (κ2) is 5.81. The zero-order chi connectivity index (χ0) is 14.0. The van der Waals surface area contributed by atoms with Gasteiger partial charge in [0, 0.05) is 29.3 Å². The average molecular weight is 327 g/mol. The number of aliphatic hydroxyl groups is 1. The van der Waals surface area contributed by atoms with Crippen LogP contribution >= 0.6 is 15.9 Å². The van der Waals surface area contributed by atoms with Crippen LogP contribution in [0.1, 0.15) is 38.3 Å². The first kappa shape index (κ1) is 14.8. The normalized spacial score (nSPS) is 25.4. The van der Waals surface area contributed by atoms with E-state index in [-0.39, 0.29) is 0 Å². The molecule has 2 N–H and O–H groups in total. The Morgan fingerprint density at radius 2 is 2.21 bits per heavy atom. The topological polar surface area (TPSA) is 35.5 Å². The fourth-order valence-electron chi connectivity index (χ4n) is 2.74. The van der Waals surface area contributed by atoms with Gasteiger partial charge in [0.05, 0.1) is 5.60 Å². The zero-order valence-electron chi connectivity index (χ0n) is 11.9. The number of nitrogens with one attached hydrogen (secondary N) is 1. The van der Waals surface area contributed by atoms with E-state index < -0.39 is 5.60 Å². The molecular weight excluding hydrogens is 304 g/mol. The SMILES string of the molecule is CNC(C)c1ccc(Br)cc1N1CCCC(C)(O)C1. The average Bonchev–Trinajstić information content (AvgIpc) is 2.36. The van der Waals surface area contributed by atoms with Gasteiger partial charge in [0.2, 0.25) is 0 Å². The van der Waals surface area contributed by atoms with Crippen LogP contribution in [-0.4, -0.2) is 30.8 Å². The van der Waals surface area contributed by atoms with E-state index in [0.717, 1.165) is 23.9 Å². The molecule has 4 heteroatoms. The molecule has 2 atom stereocenters. The maximum absolute atomic E-state index is 10.3. The van der Waals surface area contributed by atoms with Crippen LogP contribution in [0.15, 0.2) is 22.7 Å². The second-order valence-electron chi connectivity index (χ2n) is 5.74. The Kier molecular flexibility index (Phi) is 4.54. The van der Waals surface area contributed by atoms with Gasteiger partial charge in [0.15, 0.2) is 0 Å². The first-order valence-corrected chi connectivity index (χ1v) is 7.66. The van der Waals surface area contributed by atoms with Crippen LogP contribution in [0.4, 0.5) is 5.69 Å². The van der Waals surface area contributed by atoms with Gasteiger partial charge in [-0.2, -0.15) is 0 Å². The second-order valence-corrected chi connectivity index (χ2v) is 6.65. The summed E-state index contributed by atoms with van der Waals surface area (Å²) < 4.78 is 1.08. The lowest BCUT2D eigenvalue weighted by atomic mass is 9.93. The van der Waals surface area contributed by atoms with Crippen LogP contribution in [0, 0.1) is 0 Å². The molecule has 1 heterocycles. The third-order valence-corrected chi connectivity index (χ3v) is 4.40. The van der Waals surface area contributed by atoms with E-state index in [1.165, 1.54) is 11.3 Å². The number of anilines is 1. The lowest BCUT2D eigenvalue weighted by Gasteiger charge is -2.39. The van der Waals surface area contributed by atoms with Crippen molar-refractivity contribution >= 4 is 21.6 Å². The summed E-state index contributed by atoms with van der Waals surface area (Å²) in [6, 6.07) is 6.69. The minimum Gasteiger partial charge on any atom is -0.388 e. The van der Waals surface area contributed by atoms with Gasteiger partial charge in [-0.1, -0.05) is 22.0 Å². The van der Waals surface area contributed by atoms with E-state index in [4.69, 9.17) is 0 Å². The van der Waals surface area contributed by atoms with Gasteiger partial charge in [0.25, 0.3) is 0 Å². The number of nitrogens with zero attached hydrogens (tertiary/aromatic N) is 1. The Balaban J connectivity index is 2.34. The number of halogens is 1. The Morgan fingerprint density at radius 3 is 2.84 bits per heavy atom. The lowest BCUT2D eigenvalue weighted by molar-refractivity contribution is 0.0448. The molecule has 1 saturated heterocycles. The summed E-state index contributed by atoms with van der Waals surface area (Å²) in [5.41, 5.74) is 1.92. The maximum Gasteiger partial charge on any atom is 0.0794 e. The van der Waals surface area contributed by atoms with Crippen molar-refractivity contribution in [3.8, 4) is 0 Å². The van der Waals surface area contributed by atoms with Crippen LogP contribution in [-0.2, 0) is 0 Å². The predicted octanol–water partition coefficient (Wildman–Crippen LogP) is 3.08. The molecule has 2 rings (SSSR count). The van der Waals surface area contributed by atoms with Gasteiger partial charge in [-0.3, -0.25) is 0 Å². The summed E-state index contributed by atoms with van der Waals surface area (Å²) >= 11 is 3.55. The van der Waals surface area contributed by atoms with E-state index in [1.54, 1.807) is 0 Å². The Labute approximate surface area is 124 Å². The molecule has 0 saturated carbocycles. The highest BCUT2D eigenvalue weighted by Crippen LogP contribution is 2.33. The number of hydrogen-bond donors (Lipinski definition) is 2. The molecule has 0 aromatic heterocycles. The molecule has 2 unspecified atom stereocenters. The summed E-state index contributed by atoms with van der Waals surface area (Å²) in [6.07, 6.45) is 1.92. The summed E-state index contributed by atoms with van der Waals surface area (Å²) in [4.78, 5) is 2.30. The van der Waals surface area contributed by atoms with Crippen LogP contribution in [0.2, 0.25) is 0 Å². The zero-order valence-corrected chi connectivity index (χ0v) is 13.5. The number of β-amino-alcohol motifs (C(OH)–C–C–N with tert-alkyl or cyclic N) is 1. The molecule has 0 radical (unpaired) electrons. The summed E-state index contributed by atoms with van der Waals surface area (Å²) in [5.74, 6) is 0. The van der Waals surface area contributed by atoms with Crippen molar-refractivity contribution in [1.29, 1.82) is 0 Å².